The Morgan fingerprint density at radius 3 is 2.40 bits per heavy atom. The normalized spacial score (nSPS) is 23.8. The van der Waals surface area contributed by atoms with Crippen LogP contribution in [0.1, 0.15) is 36.3 Å². The molecule has 2 amide bonds. The smallest absolute Gasteiger partial charge is 0.407 e. The fourth-order valence-corrected chi connectivity index (χ4v) is 5.61. The van der Waals surface area contributed by atoms with Gasteiger partial charge in [0.15, 0.2) is 0 Å². The number of hydrogen-bond donors (Lipinski definition) is 2. The Morgan fingerprint density at radius 2 is 1.71 bits per heavy atom. The fraction of sp³-hybridized carbons (Fsp3) is 0.444. The molecule has 1 saturated heterocycles. The summed E-state index contributed by atoms with van der Waals surface area (Å²) in [6, 6.07) is 16.0. The second-order valence-electron chi connectivity index (χ2n) is 9.51. The van der Waals surface area contributed by atoms with Crippen molar-refractivity contribution in [1.29, 1.82) is 0 Å². The van der Waals surface area contributed by atoms with Crippen molar-refractivity contribution in [2.24, 2.45) is 11.8 Å². The lowest BCUT2D eigenvalue weighted by Crippen LogP contribution is -2.47. The van der Waals surface area contributed by atoms with E-state index in [1.54, 1.807) is 4.90 Å². The molecule has 2 aromatic carbocycles. The number of ether oxygens (including phenoxy) is 2. The Morgan fingerprint density at radius 1 is 1.03 bits per heavy atom. The maximum absolute atomic E-state index is 13.2. The van der Waals surface area contributed by atoms with Crippen LogP contribution in [0.4, 0.5) is 4.79 Å². The molecule has 2 N–H and O–H groups in total. The van der Waals surface area contributed by atoms with E-state index < -0.39 is 18.0 Å². The Balaban J connectivity index is 1.21. The number of fused-ring (bicyclic) bond motifs is 3. The van der Waals surface area contributed by atoms with E-state index in [-0.39, 0.29) is 43.5 Å². The van der Waals surface area contributed by atoms with Gasteiger partial charge in [-0.2, -0.15) is 0 Å². The number of nitrogens with one attached hydrogen (secondary N) is 1. The third-order valence-corrected chi connectivity index (χ3v) is 7.41. The van der Waals surface area contributed by atoms with E-state index in [2.05, 4.69) is 29.6 Å². The molecule has 3 atom stereocenters. The number of nitrogens with zero attached hydrogens (tertiary/aromatic N) is 1. The minimum atomic E-state index is -0.968. The minimum absolute atomic E-state index is 0.0285. The molecule has 184 valence electrons. The molecule has 0 aromatic heterocycles. The summed E-state index contributed by atoms with van der Waals surface area (Å²) in [6.07, 6.45) is 1.63. The lowest BCUT2D eigenvalue weighted by Gasteiger charge is -2.28. The largest absolute Gasteiger partial charge is 0.481 e. The average Bonchev–Trinajstić information content (AvgIpc) is 3.35. The molecule has 3 aliphatic rings. The molecule has 1 aliphatic heterocycles. The Bertz CT molecular complexity index is 1070. The summed E-state index contributed by atoms with van der Waals surface area (Å²) in [4.78, 5) is 39.0. The standard InChI is InChI=1S/C27H30N2O6/c30-25(29-12-13-34-15-17(14-29)26(31)32)22-10-5-11-24(22)28-27(33)35-16-23-20-8-3-1-6-18(20)19-7-2-4-9-21(19)23/h1-4,6-9,17,22-24H,5,10-16H2,(H,28,33)(H,31,32)/t17?,22-,24+/m1/s1. The van der Waals surface area contributed by atoms with Gasteiger partial charge < -0.3 is 24.8 Å². The van der Waals surface area contributed by atoms with Crippen LogP contribution in [0.3, 0.4) is 0 Å². The van der Waals surface area contributed by atoms with Crippen molar-refractivity contribution < 1.29 is 29.0 Å². The fourth-order valence-electron chi connectivity index (χ4n) is 5.61. The first-order chi connectivity index (χ1) is 17.0. The maximum Gasteiger partial charge on any atom is 0.407 e. The Kier molecular flexibility index (Phi) is 6.72. The molecule has 0 radical (unpaired) electrons. The quantitative estimate of drug-likeness (QED) is 0.684. The van der Waals surface area contributed by atoms with Gasteiger partial charge in [-0.05, 0) is 35.1 Å². The molecule has 5 rings (SSSR count). The summed E-state index contributed by atoms with van der Waals surface area (Å²) < 4.78 is 11.0. The summed E-state index contributed by atoms with van der Waals surface area (Å²) in [5, 5.41) is 12.3. The Hall–Kier alpha value is -3.39. The van der Waals surface area contributed by atoms with Crippen LogP contribution in [-0.4, -0.2) is 66.9 Å². The topological polar surface area (TPSA) is 105 Å². The van der Waals surface area contributed by atoms with Crippen molar-refractivity contribution in [2.75, 3.05) is 32.9 Å². The number of carboxylic acid groups (broad SMARTS) is 1. The van der Waals surface area contributed by atoms with Gasteiger partial charge in [-0.3, -0.25) is 9.59 Å². The second-order valence-corrected chi connectivity index (χ2v) is 9.51. The lowest BCUT2D eigenvalue weighted by molar-refractivity contribution is -0.144. The molecular formula is C27H30N2O6. The SMILES string of the molecule is O=C(N[C@H]1CCC[C@H]1C(=O)N1CCOCC(C(=O)O)C1)OCC1c2ccccc2-c2ccccc21. The van der Waals surface area contributed by atoms with Crippen LogP contribution in [0.5, 0.6) is 0 Å². The van der Waals surface area contributed by atoms with Gasteiger partial charge >= 0.3 is 12.1 Å². The molecular weight excluding hydrogens is 448 g/mol. The number of hydrogen-bond acceptors (Lipinski definition) is 5. The summed E-state index contributed by atoms with van der Waals surface area (Å²) in [7, 11) is 0. The summed E-state index contributed by atoms with van der Waals surface area (Å²) >= 11 is 0. The number of carboxylic acids is 1. The van der Waals surface area contributed by atoms with Crippen LogP contribution in [0.2, 0.25) is 0 Å². The third-order valence-electron chi connectivity index (χ3n) is 7.41. The van der Waals surface area contributed by atoms with Crippen LogP contribution in [0.25, 0.3) is 11.1 Å². The first kappa shape index (κ1) is 23.4. The second kappa shape index (κ2) is 10.1. The van der Waals surface area contributed by atoms with Gasteiger partial charge in [-0.15, -0.1) is 0 Å². The van der Waals surface area contributed by atoms with Crippen LogP contribution in [0.15, 0.2) is 48.5 Å². The van der Waals surface area contributed by atoms with E-state index in [4.69, 9.17) is 9.47 Å². The monoisotopic (exact) mass is 478 g/mol. The summed E-state index contributed by atoms with van der Waals surface area (Å²) in [5.74, 6) is -2.24. The molecule has 8 heteroatoms. The van der Waals surface area contributed by atoms with Gasteiger partial charge in [0.2, 0.25) is 5.91 Å². The van der Waals surface area contributed by atoms with Crippen molar-refractivity contribution in [3.8, 4) is 11.1 Å². The maximum atomic E-state index is 13.2. The molecule has 2 fully saturated rings. The third kappa shape index (κ3) is 4.75. The number of carbonyl (C=O) groups excluding carboxylic acids is 2. The molecule has 1 heterocycles. The predicted octanol–water partition coefficient (Wildman–Crippen LogP) is 3.25. The highest BCUT2D eigenvalue weighted by Gasteiger charge is 2.39. The molecule has 8 nitrogen and oxygen atoms in total. The van der Waals surface area contributed by atoms with E-state index in [1.807, 2.05) is 24.3 Å². The first-order valence-corrected chi connectivity index (χ1v) is 12.2. The minimum Gasteiger partial charge on any atom is -0.481 e. The van der Waals surface area contributed by atoms with Crippen LogP contribution < -0.4 is 5.32 Å². The molecule has 35 heavy (non-hydrogen) atoms. The molecule has 1 unspecified atom stereocenters. The summed E-state index contributed by atoms with van der Waals surface area (Å²) in [5.41, 5.74) is 4.62. The molecule has 0 spiro atoms. The van der Waals surface area contributed by atoms with E-state index >= 15 is 0 Å². The number of rotatable bonds is 5. The molecule has 2 aliphatic carbocycles. The number of alkyl carbamates (subject to hydrolysis) is 1. The zero-order chi connectivity index (χ0) is 24.4. The average molecular weight is 479 g/mol. The van der Waals surface area contributed by atoms with Gasteiger partial charge in [0.1, 0.15) is 6.61 Å². The Labute approximate surface area is 204 Å². The predicted molar refractivity (Wildman–Crippen MR) is 128 cm³/mol. The van der Waals surface area contributed by atoms with Crippen LogP contribution >= 0.6 is 0 Å². The lowest BCUT2D eigenvalue weighted by atomic mass is 9.98. The van der Waals surface area contributed by atoms with E-state index in [0.29, 0.717) is 26.0 Å². The van der Waals surface area contributed by atoms with E-state index in [9.17, 15) is 19.5 Å². The van der Waals surface area contributed by atoms with E-state index in [1.165, 1.54) is 11.1 Å². The van der Waals surface area contributed by atoms with Crippen LogP contribution in [-0.2, 0) is 19.1 Å². The van der Waals surface area contributed by atoms with Crippen molar-refractivity contribution in [2.45, 2.75) is 31.2 Å². The van der Waals surface area contributed by atoms with E-state index in [0.717, 1.165) is 17.5 Å². The van der Waals surface area contributed by atoms with Crippen molar-refractivity contribution >= 4 is 18.0 Å². The van der Waals surface area contributed by atoms with Gasteiger partial charge in [-0.25, -0.2) is 4.79 Å². The van der Waals surface area contributed by atoms with Crippen molar-refractivity contribution in [3.05, 3.63) is 59.7 Å². The number of carbonyl (C=O) groups is 3. The van der Waals surface area contributed by atoms with Gasteiger partial charge in [0, 0.05) is 25.0 Å². The number of aliphatic carboxylic acids is 1. The molecule has 1 saturated carbocycles. The zero-order valence-corrected chi connectivity index (χ0v) is 19.5. The summed E-state index contributed by atoms with van der Waals surface area (Å²) in [6.45, 7) is 1.12. The number of benzene rings is 2. The highest BCUT2D eigenvalue weighted by Crippen LogP contribution is 2.44. The van der Waals surface area contributed by atoms with Gasteiger partial charge in [0.05, 0.1) is 25.0 Å². The molecule has 0 bridgehead atoms. The highest BCUT2D eigenvalue weighted by molar-refractivity contribution is 5.82. The van der Waals surface area contributed by atoms with Gasteiger partial charge in [0.25, 0.3) is 0 Å². The first-order valence-electron chi connectivity index (χ1n) is 12.2. The van der Waals surface area contributed by atoms with Crippen molar-refractivity contribution in [3.63, 3.8) is 0 Å². The molecule has 2 aromatic rings. The zero-order valence-electron chi connectivity index (χ0n) is 19.5. The number of amides is 2. The van der Waals surface area contributed by atoms with Gasteiger partial charge in [-0.1, -0.05) is 55.0 Å². The highest BCUT2D eigenvalue weighted by atomic mass is 16.5. The van der Waals surface area contributed by atoms with Crippen LogP contribution in [0, 0.1) is 11.8 Å². The van der Waals surface area contributed by atoms with Crippen molar-refractivity contribution in [1.82, 2.24) is 10.2 Å².